The van der Waals surface area contributed by atoms with E-state index in [1.807, 2.05) is 50.2 Å². The summed E-state index contributed by atoms with van der Waals surface area (Å²) < 4.78 is 0. The molecule has 0 aliphatic heterocycles. The van der Waals surface area contributed by atoms with Crippen molar-refractivity contribution < 1.29 is 9.90 Å². The molecule has 1 amide bonds. The van der Waals surface area contributed by atoms with Gasteiger partial charge in [-0.3, -0.25) is 4.79 Å². The van der Waals surface area contributed by atoms with E-state index in [-0.39, 0.29) is 18.4 Å². The van der Waals surface area contributed by atoms with E-state index in [9.17, 15) is 9.90 Å². The lowest BCUT2D eigenvalue weighted by molar-refractivity contribution is 0.0951. The van der Waals surface area contributed by atoms with Gasteiger partial charge in [0.05, 0.1) is 0 Å². The summed E-state index contributed by atoms with van der Waals surface area (Å²) in [5.41, 5.74) is 4.10. The lowest BCUT2D eigenvalue weighted by atomic mass is 9.93. The van der Waals surface area contributed by atoms with E-state index in [1.54, 1.807) is 0 Å². The number of rotatable bonds is 7. The number of hydrogen-bond acceptors (Lipinski definition) is 2. The summed E-state index contributed by atoms with van der Waals surface area (Å²) in [5.74, 6) is 0.235. The Morgan fingerprint density at radius 2 is 1.83 bits per heavy atom. The number of carbonyl (C=O) groups is 1. The number of aliphatic hydroxyl groups is 1. The van der Waals surface area contributed by atoms with E-state index in [1.165, 1.54) is 5.56 Å². The van der Waals surface area contributed by atoms with Crippen LogP contribution in [0, 0.1) is 13.8 Å². The lowest BCUT2D eigenvalue weighted by Gasteiger charge is -2.17. The predicted octanol–water partition coefficient (Wildman–Crippen LogP) is 3.59. The number of aliphatic hydroxyl groups excluding tert-OH is 1. The fraction of sp³-hybridized carbons (Fsp3) is 0.350. The average Bonchev–Trinajstić information content (AvgIpc) is 2.54. The molecule has 1 unspecified atom stereocenters. The smallest absolute Gasteiger partial charge is 0.251 e. The van der Waals surface area contributed by atoms with Gasteiger partial charge in [0.1, 0.15) is 0 Å². The third-order valence-electron chi connectivity index (χ3n) is 4.15. The second-order valence-corrected chi connectivity index (χ2v) is 5.98. The maximum absolute atomic E-state index is 12.3. The highest BCUT2D eigenvalue weighted by atomic mass is 16.3. The van der Waals surface area contributed by atoms with Gasteiger partial charge in [0.25, 0.3) is 5.91 Å². The number of aryl methyl sites for hydroxylation is 2. The minimum Gasteiger partial charge on any atom is -0.396 e. The third kappa shape index (κ3) is 4.93. The van der Waals surface area contributed by atoms with Crippen LogP contribution in [0.5, 0.6) is 0 Å². The van der Waals surface area contributed by atoms with Crippen LogP contribution in [-0.4, -0.2) is 24.2 Å². The topological polar surface area (TPSA) is 49.3 Å². The Balaban J connectivity index is 1.93. The molecule has 0 aliphatic carbocycles. The number of hydrogen-bond donors (Lipinski definition) is 2. The van der Waals surface area contributed by atoms with Gasteiger partial charge in [-0.05, 0) is 49.8 Å². The molecule has 0 heterocycles. The van der Waals surface area contributed by atoms with Crippen LogP contribution in [0.4, 0.5) is 0 Å². The molecule has 2 aromatic carbocycles. The first-order valence-electron chi connectivity index (χ1n) is 8.13. The zero-order chi connectivity index (χ0) is 16.7. The molecule has 0 fully saturated rings. The van der Waals surface area contributed by atoms with Gasteiger partial charge in [0, 0.05) is 18.7 Å². The fourth-order valence-electron chi connectivity index (χ4n) is 2.88. The molecule has 3 nitrogen and oxygen atoms in total. The highest BCUT2D eigenvalue weighted by molar-refractivity contribution is 5.95. The largest absolute Gasteiger partial charge is 0.396 e. The van der Waals surface area contributed by atoms with Crippen molar-refractivity contribution in [3.63, 3.8) is 0 Å². The zero-order valence-electron chi connectivity index (χ0n) is 13.9. The van der Waals surface area contributed by atoms with Gasteiger partial charge in [0.2, 0.25) is 0 Å². The van der Waals surface area contributed by atoms with Crippen LogP contribution >= 0.6 is 0 Å². The molecule has 0 bridgehead atoms. The fourth-order valence-corrected chi connectivity index (χ4v) is 2.88. The molecular formula is C20H25NO2. The van der Waals surface area contributed by atoms with Gasteiger partial charge in [-0.25, -0.2) is 0 Å². The minimum absolute atomic E-state index is 0.0293. The van der Waals surface area contributed by atoms with Crippen LogP contribution in [0.15, 0.2) is 48.5 Å². The van der Waals surface area contributed by atoms with Crippen LogP contribution < -0.4 is 5.32 Å². The molecule has 2 aromatic rings. The molecule has 122 valence electrons. The van der Waals surface area contributed by atoms with Gasteiger partial charge < -0.3 is 10.4 Å². The Morgan fingerprint density at radius 1 is 1.09 bits per heavy atom. The van der Waals surface area contributed by atoms with Crippen molar-refractivity contribution in [2.45, 2.75) is 32.6 Å². The summed E-state index contributed by atoms with van der Waals surface area (Å²) in [6, 6.07) is 16.0. The molecule has 0 saturated carbocycles. The molecule has 0 radical (unpaired) electrons. The summed E-state index contributed by atoms with van der Waals surface area (Å²) in [6.07, 6.45) is 1.53. The maximum atomic E-state index is 12.3. The number of benzene rings is 2. The first-order chi connectivity index (χ1) is 11.1. The Morgan fingerprint density at radius 3 is 2.48 bits per heavy atom. The molecule has 2 N–H and O–H groups in total. The summed E-state index contributed by atoms with van der Waals surface area (Å²) in [7, 11) is 0. The summed E-state index contributed by atoms with van der Waals surface area (Å²) in [5, 5.41) is 12.3. The van der Waals surface area contributed by atoms with Gasteiger partial charge >= 0.3 is 0 Å². The van der Waals surface area contributed by atoms with Crippen LogP contribution in [0.25, 0.3) is 0 Å². The second-order valence-electron chi connectivity index (χ2n) is 5.98. The number of carbonyl (C=O) groups excluding carboxylic acids is 1. The Kier molecular flexibility index (Phi) is 6.36. The second kappa shape index (κ2) is 8.49. The predicted molar refractivity (Wildman–Crippen MR) is 93.8 cm³/mol. The first-order valence-corrected chi connectivity index (χ1v) is 8.13. The van der Waals surface area contributed by atoms with Crippen molar-refractivity contribution in [1.82, 2.24) is 5.32 Å². The standard InChI is InChI=1S/C20H25NO2/c1-15-8-9-19(16(2)14-15)20(23)21-12-10-18(11-13-22)17-6-4-3-5-7-17/h3-9,14,18,22H,10-13H2,1-2H3,(H,21,23). The van der Waals surface area contributed by atoms with E-state index in [2.05, 4.69) is 17.4 Å². The normalized spacial score (nSPS) is 12.0. The van der Waals surface area contributed by atoms with Crippen molar-refractivity contribution in [1.29, 1.82) is 0 Å². The molecule has 23 heavy (non-hydrogen) atoms. The molecule has 0 spiro atoms. The van der Waals surface area contributed by atoms with E-state index < -0.39 is 0 Å². The zero-order valence-corrected chi connectivity index (χ0v) is 13.9. The molecule has 0 saturated heterocycles. The molecule has 0 aliphatic rings. The average molecular weight is 311 g/mol. The monoisotopic (exact) mass is 311 g/mol. The molecule has 2 rings (SSSR count). The Bertz CT molecular complexity index is 637. The quantitative estimate of drug-likeness (QED) is 0.821. The number of nitrogens with one attached hydrogen (secondary N) is 1. The van der Waals surface area contributed by atoms with Crippen LogP contribution in [-0.2, 0) is 0 Å². The Labute approximate surface area is 138 Å². The highest BCUT2D eigenvalue weighted by Gasteiger charge is 2.13. The van der Waals surface area contributed by atoms with E-state index >= 15 is 0 Å². The van der Waals surface area contributed by atoms with Gasteiger partial charge in [0.15, 0.2) is 0 Å². The van der Waals surface area contributed by atoms with Gasteiger partial charge in [-0.1, -0.05) is 48.0 Å². The SMILES string of the molecule is Cc1ccc(C(=O)NCCC(CCO)c2ccccc2)c(C)c1. The minimum atomic E-state index is -0.0293. The van der Waals surface area contributed by atoms with Crippen molar-refractivity contribution in [2.24, 2.45) is 0 Å². The highest BCUT2D eigenvalue weighted by Crippen LogP contribution is 2.22. The molecule has 0 aromatic heterocycles. The van der Waals surface area contributed by atoms with Crippen LogP contribution in [0.2, 0.25) is 0 Å². The molecule has 3 heteroatoms. The van der Waals surface area contributed by atoms with Gasteiger partial charge in [-0.15, -0.1) is 0 Å². The first kappa shape index (κ1) is 17.2. The van der Waals surface area contributed by atoms with Crippen molar-refractivity contribution in [3.05, 3.63) is 70.8 Å². The van der Waals surface area contributed by atoms with E-state index in [4.69, 9.17) is 0 Å². The molecule has 1 atom stereocenters. The van der Waals surface area contributed by atoms with E-state index in [0.29, 0.717) is 13.0 Å². The van der Waals surface area contributed by atoms with E-state index in [0.717, 1.165) is 23.1 Å². The summed E-state index contributed by atoms with van der Waals surface area (Å²) in [4.78, 5) is 12.3. The van der Waals surface area contributed by atoms with Crippen molar-refractivity contribution >= 4 is 5.91 Å². The molecular weight excluding hydrogens is 286 g/mol. The lowest BCUT2D eigenvalue weighted by Crippen LogP contribution is -2.26. The van der Waals surface area contributed by atoms with Crippen molar-refractivity contribution in [3.8, 4) is 0 Å². The number of amides is 1. The summed E-state index contributed by atoms with van der Waals surface area (Å²) in [6.45, 7) is 4.74. The summed E-state index contributed by atoms with van der Waals surface area (Å²) >= 11 is 0. The van der Waals surface area contributed by atoms with Gasteiger partial charge in [-0.2, -0.15) is 0 Å². The third-order valence-corrected chi connectivity index (χ3v) is 4.15. The van der Waals surface area contributed by atoms with Crippen LogP contribution in [0.3, 0.4) is 0 Å². The van der Waals surface area contributed by atoms with Crippen LogP contribution in [0.1, 0.15) is 45.8 Å². The van der Waals surface area contributed by atoms with Crippen molar-refractivity contribution in [2.75, 3.05) is 13.2 Å². The maximum Gasteiger partial charge on any atom is 0.251 e. The Hall–Kier alpha value is -2.13.